The Kier molecular flexibility index (Phi) is 6.47. The summed E-state index contributed by atoms with van der Waals surface area (Å²) in [4.78, 5) is 44.3. The molecule has 1 aliphatic heterocycles. The van der Waals surface area contributed by atoms with Crippen LogP contribution in [-0.4, -0.2) is 33.3 Å². The highest BCUT2D eigenvalue weighted by atomic mass is 32.1. The molecule has 0 bridgehead atoms. The second-order valence-corrected chi connectivity index (χ2v) is 8.94. The molecular weight excluding hydrogens is 457 g/mol. The molecule has 0 saturated carbocycles. The minimum absolute atomic E-state index is 0.0175. The Morgan fingerprint density at radius 1 is 1.18 bits per heavy atom. The zero-order chi connectivity index (χ0) is 24.7. The number of nitrogens with one attached hydrogen (secondary N) is 1. The number of nitrogens with zero attached hydrogens (tertiary/aromatic N) is 3. The van der Waals surface area contributed by atoms with Crippen molar-refractivity contribution in [2.45, 2.75) is 50.9 Å². The van der Waals surface area contributed by atoms with Gasteiger partial charge in [-0.25, -0.2) is 14.7 Å². The van der Waals surface area contributed by atoms with Gasteiger partial charge >= 0.3 is 12.2 Å². The second kappa shape index (κ2) is 8.69. The van der Waals surface area contributed by atoms with Crippen LogP contribution in [0.25, 0.3) is 0 Å². The van der Waals surface area contributed by atoms with E-state index in [9.17, 15) is 27.6 Å². The van der Waals surface area contributed by atoms with E-state index >= 15 is 0 Å². The van der Waals surface area contributed by atoms with Crippen LogP contribution in [-0.2, 0) is 22.3 Å². The third kappa shape index (κ3) is 4.82. The number of carbonyl (C=O) groups is 3. The van der Waals surface area contributed by atoms with Crippen molar-refractivity contribution in [3.8, 4) is 0 Å². The number of alkyl halides is 3. The summed E-state index contributed by atoms with van der Waals surface area (Å²) in [5, 5.41) is 2.67. The number of anilines is 2. The van der Waals surface area contributed by atoms with E-state index in [4.69, 9.17) is 0 Å². The molecule has 1 aromatic carbocycles. The van der Waals surface area contributed by atoms with E-state index in [2.05, 4.69) is 22.9 Å². The third-order valence-corrected chi connectivity index (χ3v) is 5.67. The van der Waals surface area contributed by atoms with Gasteiger partial charge in [-0.3, -0.25) is 9.59 Å². The molecule has 3 rings (SSSR count). The molecule has 0 radical (unpaired) electrons. The molecule has 2 heterocycles. The van der Waals surface area contributed by atoms with Gasteiger partial charge in [0.15, 0.2) is 0 Å². The first-order valence-corrected chi connectivity index (χ1v) is 10.5. The summed E-state index contributed by atoms with van der Waals surface area (Å²) in [5.41, 5.74) is -1.63. The van der Waals surface area contributed by atoms with Gasteiger partial charge < -0.3 is 10.2 Å². The first-order valence-electron chi connectivity index (χ1n) is 10.1. The lowest BCUT2D eigenvalue weighted by Crippen LogP contribution is -2.43. The molecule has 0 aliphatic carbocycles. The molecule has 1 saturated heterocycles. The fraction of sp³-hybridized carbons (Fsp3) is 0.364. The molecule has 1 fully saturated rings. The number of hydrogen-bond acceptors (Lipinski definition) is 5. The molecule has 0 unspecified atom stereocenters. The van der Waals surface area contributed by atoms with E-state index in [1.165, 1.54) is 11.1 Å². The topological polar surface area (TPSA) is 82.6 Å². The molecule has 33 heavy (non-hydrogen) atoms. The largest absolute Gasteiger partial charge is 0.416 e. The van der Waals surface area contributed by atoms with Crippen LogP contribution in [0.4, 0.5) is 29.5 Å². The number of amides is 4. The van der Waals surface area contributed by atoms with Crippen LogP contribution < -0.4 is 10.2 Å². The predicted octanol–water partition coefficient (Wildman–Crippen LogP) is 4.73. The van der Waals surface area contributed by atoms with E-state index in [1.54, 1.807) is 39.8 Å². The minimum atomic E-state index is -4.58. The first kappa shape index (κ1) is 24.6. The van der Waals surface area contributed by atoms with Crippen LogP contribution in [0, 0.1) is 5.92 Å². The molecule has 176 valence electrons. The Balaban J connectivity index is 1.90. The number of benzene rings is 1. The average molecular weight is 481 g/mol. The molecule has 0 atom stereocenters. The van der Waals surface area contributed by atoms with Gasteiger partial charge in [0.25, 0.3) is 5.91 Å². The number of halogens is 3. The summed E-state index contributed by atoms with van der Waals surface area (Å²) < 4.78 is 39.0. The highest BCUT2D eigenvalue weighted by Crippen LogP contribution is 2.39. The maximum Gasteiger partial charge on any atom is 0.416 e. The molecule has 4 amide bonds. The van der Waals surface area contributed by atoms with Crippen molar-refractivity contribution in [2.24, 2.45) is 5.92 Å². The van der Waals surface area contributed by atoms with Crippen LogP contribution in [0.5, 0.6) is 0 Å². The smallest absolute Gasteiger partial charge is 0.310 e. The van der Waals surface area contributed by atoms with Crippen molar-refractivity contribution < 1.29 is 27.6 Å². The van der Waals surface area contributed by atoms with E-state index in [0.717, 1.165) is 23.1 Å². The number of aromatic nitrogens is 1. The van der Waals surface area contributed by atoms with Crippen LogP contribution in [0.15, 0.2) is 41.4 Å². The van der Waals surface area contributed by atoms with Gasteiger partial charge in [0.2, 0.25) is 5.91 Å². The molecule has 11 heteroatoms. The van der Waals surface area contributed by atoms with Crippen molar-refractivity contribution in [1.82, 2.24) is 9.88 Å². The minimum Gasteiger partial charge on any atom is -0.310 e. The predicted molar refractivity (Wildman–Crippen MR) is 119 cm³/mol. The van der Waals surface area contributed by atoms with Crippen molar-refractivity contribution >= 4 is 42.0 Å². The van der Waals surface area contributed by atoms with E-state index in [1.807, 2.05) is 0 Å². The normalized spacial score (nSPS) is 16.0. The van der Waals surface area contributed by atoms with Crippen LogP contribution in [0.1, 0.15) is 38.8 Å². The number of carbonyl (C=O) groups excluding carboxylic acids is 3. The number of thiol groups is 1. The zero-order valence-corrected chi connectivity index (χ0v) is 19.3. The number of hydrogen-bond donors (Lipinski definition) is 2. The standard InChI is InChI=1S/C22H23F3N4O3S/c1-12(2)18(30)27-17-9-13(7-8-26-17)11-28-20(32)29(19(31)21(28,3)4)15-6-5-14(10-16(15)33)22(23,24)25/h5-10,12,33H,11H2,1-4H3,(H,26,27,30). The van der Waals surface area contributed by atoms with Crippen LogP contribution in [0.3, 0.4) is 0 Å². The van der Waals surface area contributed by atoms with Gasteiger partial charge in [-0.2, -0.15) is 13.2 Å². The summed E-state index contributed by atoms with van der Waals surface area (Å²) in [6, 6.07) is 5.19. The summed E-state index contributed by atoms with van der Waals surface area (Å²) in [5.74, 6) is -0.758. The Morgan fingerprint density at radius 3 is 2.42 bits per heavy atom. The average Bonchev–Trinajstić information content (AvgIpc) is 2.87. The quantitative estimate of drug-likeness (QED) is 0.479. The second-order valence-electron chi connectivity index (χ2n) is 8.46. The van der Waals surface area contributed by atoms with Crippen molar-refractivity contribution in [1.29, 1.82) is 0 Å². The summed E-state index contributed by atoms with van der Waals surface area (Å²) in [7, 11) is 0. The Hall–Kier alpha value is -3.08. The molecule has 0 spiro atoms. The van der Waals surface area contributed by atoms with Crippen molar-refractivity contribution in [2.75, 3.05) is 10.2 Å². The fourth-order valence-electron chi connectivity index (χ4n) is 3.30. The Morgan fingerprint density at radius 2 is 1.85 bits per heavy atom. The molecule has 2 aromatic rings. The van der Waals surface area contributed by atoms with Gasteiger partial charge in [0, 0.05) is 23.6 Å². The fourth-order valence-corrected chi connectivity index (χ4v) is 3.61. The molecule has 1 aromatic heterocycles. The lowest BCUT2D eigenvalue weighted by molar-refractivity contribution is -0.137. The highest BCUT2D eigenvalue weighted by molar-refractivity contribution is 7.80. The Labute approximate surface area is 194 Å². The van der Waals surface area contributed by atoms with Gasteiger partial charge in [-0.05, 0) is 49.7 Å². The van der Waals surface area contributed by atoms with E-state index in [-0.39, 0.29) is 29.0 Å². The van der Waals surface area contributed by atoms with E-state index < -0.39 is 29.2 Å². The number of rotatable bonds is 5. The number of urea groups is 1. The lowest BCUT2D eigenvalue weighted by Gasteiger charge is -2.27. The zero-order valence-electron chi connectivity index (χ0n) is 18.4. The maximum atomic E-state index is 13.2. The Bertz CT molecular complexity index is 1120. The number of pyridine rings is 1. The SMILES string of the molecule is CC(C)C(=O)Nc1cc(CN2C(=O)N(c3ccc(C(F)(F)F)cc3S)C(=O)C2(C)C)ccn1. The van der Waals surface area contributed by atoms with Gasteiger partial charge in [-0.15, -0.1) is 12.6 Å². The highest BCUT2D eigenvalue weighted by Gasteiger charge is 2.52. The van der Waals surface area contributed by atoms with Crippen molar-refractivity contribution in [3.63, 3.8) is 0 Å². The summed E-state index contributed by atoms with van der Waals surface area (Å²) >= 11 is 4.09. The molecule has 1 aliphatic rings. The number of imide groups is 1. The first-order chi connectivity index (χ1) is 15.2. The lowest BCUT2D eigenvalue weighted by atomic mass is 10.0. The van der Waals surface area contributed by atoms with Gasteiger partial charge in [0.05, 0.1) is 11.3 Å². The molecular formula is C22H23F3N4O3S. The monoisotopic (exact) mass is 480 g/mol. The van der Waals surface area contributed by atoms with Crippen molar-refractivity contribution in [3.05, 3.63) is 47.7 Å². The summed E-state index contributed by atoms with van der Waals surface area (Å²) in [6.45, 7) is 6.60. The summed E-state index contributed by atoms with van der Waals surface area (Å²) in [6.07, 6.45) is -3.11. The van der Waals surface area contributed by atoms with Gasteiger partial charge in [-0.1, -0.05) is 13.8 Å². The van der Waals surface area contributed by atoms with Gasteiger partial charge in [0.1, 0.15) is 11.4 Å². The van der Waals surface area contributed by atoms with Crippen LogP contribution in [0.2, 0.25) is 0 Å². The van der Waals surface area contributed by atoms with Crippen LogP contribution >= 0.6 is 12.6 Å². The molecule has 7 nitrogen and oxygen atoms in total. The van der Waals surface area contributed by atoms with E-state index in [0.29, 0.717) is 11.4 Å². The maximum absolute atomic E-state index is 13.2. The molecule has 1 N–H and O–H groups in total. The third-order valence-electron chi connectivity index (χ3n) is 5.31.